The van der Waals surface area contributed by atoms with Crippen molar-refractivity contribution in [1.82, 2.24) is 14.5 Å². The molecule has 4 nitrogen and oxygen atoms in total. The number of benzene rings is 1. The van der Waals surface area contributed by atoms with Crippen molar-refractivity contribution in [2.45, 2.75) is 6.42 Å². The van der Waals surface area contributed by atoms with Crippen LogP contribution in [-0.4, -0.2) is 14.5 Å². The molecule has 0 saturated carbocycles. The lowest BCUT2D eigenvalue weighted by Gasteiger charge is -2.07. The van der Waals surface area contributed by atoms with Gasteiger partial charge in [0, 0.05) is 36.4 Å². The Kier molecular flexibility index (Phi) is 4.70. The molecule has 21 heavy (non-hydrogen) atoms. The van der Waals surface area contributed by atoms with Crippen molar-refractivity contribution < 1.29 is 0 Å². The lowest BCUT2D eigenvalue weighted by molar-refractivity contribution is 0.892. The first-order valence-corrected chi connectivity index (χ1v) is 6.29. The van der Waals surface area contributed by atoms with Crippen molar-refractivity contribution in [2.75, 3.05) is 0 Å². The van der Waals surface area contributed by atoms with Crippen molar-refractivity contribution in [3.8, 4) is 11.8 Å². The molecule has 5 heteroatoms. The van der Waals surface area contributed by atoms with Crippen LogP contribution in [0.25, 0.3) is 5.69 Å². The molecule has 3 aromatic rings. The summed E-state index contributed by atoms with van der Waals surface area (Å²) in [6.45, 7) is 0. The van der Waals surface area contributed by atoms with Crippen LogP contribution in [0.3, 0.4) is 0 Å². The number of hydrogen-bond donors (Lipinski definition) is 0. The number of hydrogen-bond acceptors (Lipinski definition) is 3. The summed E-state index contributed by atoms with van der Waals surface area (Å²) in [6.07, 6.45) is 6.15. The minimum absolute atomic E-state index is 0. The Labute approximate surface area is 129 Å². The summed E-state index contributed by atoms with van der Waals surface area (Å²) in [4.78, 5) is 8.71. The van der Waals surface area contributed by atoms with Gasteiger partial charge in [-0.1, -0.05) is 6.07 Å². The Balaban J connectivity index is 0.00000161. The summed E-state index contributed by atoms with van der Waals surface area (Å²) in [6, 6.07) is 15.4. The van der Waals surface area contributed by atoms with E-state index in [2.05, 4.69) is 16.0 Å². The fourth-order valence-electron chi connectivity index (χ4n) is 2.06. The van der Waals surface area contributed by atoms with Crippen LogP contribution >= 0.6 is 12.4 Å². The first-order chi connectivity index (χ1) is 9.86. The summed E-state index contributed by atoms with van der Waals surface area (Å²) in [5.74, 6) is 0.924. The van der Waals surface area contributed by atoms with Gasteiger partial charge in [0.1, 0.15) is 5.82 Å². The van der Waals surface area contributed by atoms with Crippen LogP contribution in [0, 0.1) is 11.3 Å². The molecule has 0 radical (unpaired) electrons. The molecule has 104 valence electrons. The quantitative estimate of drug-likeness (QED) is 0.746. The monoisotopic (exact) mass is 296 g/mol. The molecule has 2 heterocycles. The topological polar surface area (TPSA) is 54.5 Å². The first-order valence-electron chi connectivity index (χ1n) is 6.29. The Morgan fingerprint density at radius 3 is 2.48 bits per heavy atom. The van der Waals surface area contributed by atoms with Gasteiger partial charge < -0.3 is 4.57 Å². The molecule has 0 fully saturated rings. The van der Waals surface area contributed by atoms with Crippen molar-refractivity contribution in [2.24, 2.45) is 0 Å². The van der Waals surface area contributed by atoms with Crippen molar-refractivity contribution in [3.63, 3.8) is 0 Å². The molecule has 0 N–H and O–H groups in total. The van der Waals surface area contributed by atoms with Crippen LogP contribution in [0.5, 0.6) is 0 Å². The largest absolute Gasteiger partial charge is 0.303 e. The molecule has 0 unspecified atom stereocenters. The van der Waals surface area contributed by atoms with Gasteiger partial charge in [0.15, 0.2) is 0 Å². The first kappa shape index (κ1) is 14.8. The maximum absolute atomic E-state index is 8.83. The molecule has 0 atom stereocenters. The second-order valence-corrected chi connectivity index (χ2v) is 4.37. The van der Waals surface area contributed by atoms with Gasteiger partial charge in [0.2, 0.25) is 0 Å². The third-order valence-corrected chi connectivity index (χ3v) is 3.06. The smallest absolute Gasteiger partial charge is 0.119 e. The zero-order valence-corrected chi connectivity index (χ0v) is 12.0. The molecule has 0 spiro atoms. The number of halogens is 1. The summed E-state index contributed by atoms with van der Waals surface area (Å²) in [5, 5.41) is 8.83. The van der Waals surface area contributed by atoms with Crippen LogP contribution < -0.4 is 0 Å². The molecule has 1 aromatic carbocycles. The van der Waals surface area contributed by atoms with Gasteiger partial charge in [0.05, 0.1) is 11.6 Å². The van der Waals surface area contributed by atoms with Crippen molar-refractivity contribution >= 4 is 12.4 Å². The molecular weight excluding hydrogens is 284 g/mol. The zero-order valence-electron chi connectivity index (χ0n) is 11.2. The van der Waals surface area contributed by atoms with Gasteiger partial charge in [-0.3, -0.25) is 4.98 Å². The Morgan fingerprint density at radius 2 is 1.81 bits per heavy atom. The number of rotatable bonds is 3. The lowest BCUT2D eigenvalue weighted by atomic mass is 10.2. The average Bonchev–Trinajstić information content (AvgIpc) is 2.96. The van der Waals surface area contributed by atoms with Gasteiger partial charge >= 0.3 is 0 Å². The van der Waals surface area contributed by atoms with E-state index in [1.54, 1.807) is 24.5 Å². The molecular formula is C16H13ClN4. The molecule has 0 saturated heterocycles. The highest BCUT2D eigenvalue weighted by atomic mass is 35.5. The zero-order chi connectivity index (χ0) is 13.8. The summed E-state index contributed by atoms with van der Waals surface area (Å²) >= 11 is 0. The SMILES string of the molecule is Cl.N#Cc1ccc(-n2ccnc2Cc2ccccn2)cc1. The van der Waals surface area contributed by atoms with E-state index in [0.29, 0.717) is 12.0 Å². The van der Waals surface area contributed by atoms with Gasteiger partial charge in [-0.05, 0) is 36.4 Å². The molecule has 0 aliphatic heterocycles. The molecule has 0 bridgehead atoms. The van der Waals surface area contributed by atoms with E-state index < -0.39 is 0 Å². The maximum atomic E-state index is 8.83. The highest BCUT2D eigenvalue weighted by Gasteiger charge is 2.06. The summed E-state index contributed by atoms with van der Waals surface area (Å²) in [7, 11) is 0. The van der Waals surface area contributed by atoms with E-state index in [9.17, 15) is 0 Å². The number of aromatic nitrogens is 3. The standard InChI is InChI=1S/C16H12N4.ClH/c17-12-13-4-6-15(7-5-13)20-10-9-19-16(20)11-14-3-1-2-8-18-14;/h1-10H,11H2;1H. The lowest BCUT2D eigenvalue weighted by Crippen LogP contribution is -2.02. The fourth-order valence-corrected chi connectivity index (χ4v) is 2.06. The third kappa shape index (κ3) is 3.28. The van der Waals surface area contributed by atoms with Crippen LogP contribution in [0.4, 0.5) is 0 Å². The normalized spacial score (nSPS) is 9.67. The summed E-state index contributed by atoms with van der Waals surface area (Å²) in [5.41, 5.74) is 2.63. The van der Waals surface area contributed by atoms with E-state index in [1.807, 2.05) is 41.1 Å². The summed E-state index contributed by atoms with van der Waals surface area (Å²) < 4.78 is 2.01. The van der Waals surface area contributed by atoms with Gasteiger partial charge in [0.25, 0.3) is 0 Å². The van der Waals surface area contributed by atoms with Crippen molar-refractivity contribution in [3.05, 3.63) is 78.1 Å². The minimum atomic E-state index is 0. The second-order valence-electron chi connectivity index (χ2n) is 4.37. The van der Waals surface area contributed by atoms with E-state index in [0.717, 1.165) is 17.2 Å². The van der Waals surface area contributed by atoms with Gasteiger partial charge in [-0.25, -0.2) is 4.98 Å². The van der Waals surface area contributed by atoms with Gasteiger partial charge in [-0.15, -0.1) is 12.4 Å². The minimum Gasteiger partial charge on any atom is -0.303 e. The highest BCUT2D eigenvalue weighted by Crippen LogP contribution is 2.14. The number of nitriles is 1. The molecule has 3 rings (SSSR count). The number of imidazole rings is 1. The van der Waals surface area contributed by atoms with Gasteiger partial charge in [-0.2, -0.15) is 5.26 Å². The molecule has 0 amide bonds. The molecule has 2 aromatic heterocycles. The third-order valence-electron chi connectivity index (χ3n) is 3.06. The predicted molar refractivity (Wildman–Crippen MR) is 82.6 cm³/mol. The highest BCUT2D eigenvalue weighted by molar-refractivity contribution is 5.85. The van der Waals surface area contributed by atoms with Crippen LogP contribution in [0.15, 0.2) is 61.1 Å². The van der Waals surface area contributed by atoms with E-state index >= 15 is 0 Å². The maximum Gasteiger partial charge on any atom is 0.119 e. The van der Waals surface area contributed by atoms with E-state index in [4.69, 9.17) is 5.26 Å². The number of nitrogens with zero attached hydrogens (tertiary/aromatic N) is 4. The average molecular weight is 297 g/mol. The van der Waals surface area contributed by atoms with Crippen LogP contribution in [-0.2, 0) is 6.42 Å². The van der Waals surface area contributed by atoms with Crippen molar-refractivity contribution in [1.29, 1.82) is 5.26 Å². The van der Waals surface area contributed by atoms with E-state index in [-0.39, 0.29) is 12.4 Å². The Hall–Kier alpha value is -2.64. The fraction of sp³-hybridized carbons (Fsp3) is 0.0625. The second kappa shape index (κ2) is 6.69. The van der Waals surface area contributed by atoms with E-state index in [1.165, 1.54) is 0 Å². The predicted octanol–water partition coefficient (Wildman–Crippen LogP) is 3.15. The molecule has 0 aliphatic carbocycles. The van der Waals surface area contributed by atoms with Crippen LogP contribution in [0.1, 0.15) is 17.1 Å². The molecule has 0 aliphatic rings. The Bertz CT molecular complexity index is 742. The van der Waals surface area contributed by atoms with Crippen LogP contribution in [0.2, 0.25) is 0 Å². The Morgan fingerprint density at radius 1 is 1.00 bits per heavy atom. The number of pyridine rings is 1.